The van der Waals surface area contributed by atoms with Crippen molar-refractivity contribution in [1.29, 1.82) is 0 Å². The number of aromatic nitrogens is 1. The summed E-state index contributed by atoms with van der Waals surface area (Å²) in [4.78, 5) is 43.0. The number of carboxylic acids is 1. The SMILES string of the molecule is COc1ncc(-c2cc(C(=O)O)ccc2F)cc1C(=O)N[C@@H]1C2CCC(C2=C(C)C)[C@@H]1C(=O)Nc1ccc(F)c(C(F)(F)F)c1. The first kappa shape index (κ1) is 31.6. The van der Waals surface area contributed by atoms with E-state index < -0.39 is 53.1 Å². The van der Waals surface area contributed by atoms with Crippen molar-refractivity contribution in [2.24, 2.45) is 17.8 Å². The van der Waals surface area contributed by atoms with Gasteiger partial charge in [0.1, 0.15) is 17.2 Å². The summed E-state index contributed by atoms with van der Waals surface area (Å²) in [6, 6.07) is 5.91. The number of carbonyl (C=O) groups is 3. The Kier molecular flexibility index (Phi) is 8.39. The van der Waals surface area contributed by atoms with E-state index in [2.05, 4.69) is 15.6 Å². The number of pyridine rings is 1. The molecule has 3 aromatic rings. The largest absolute Gasteiger partial charge is 0.480 e. The molecule has 2 aliphatic rings. The number of carbonyl (C=O) groups excluding carboxylic acids is 2. The third-order valence-electron chi connectivity index (χ3n) is 8.37. The summed E-state index contributed by atoms with van der Waals surface area (Å²) < 4.78 is 73.8. The number of rotatable bonds is 7. The standard InChI is InChI=1S/C32H28F5N3O5/c1-14(2)25-18-6-7-19(25)27(26(18)29(42)39-17-5-9-24(34)22(12-17)32(35,36)37)40-28(41)21-11-16(13-38-30(21)45-3)20-10-15(31(43)44)4-8-23(20)33/h4-5,8-13,18-19,26-27H,6-7H2,1-3H3,(H,39,42)(H,40,41)(H,43,44)/t18?,19?,26-,27+/m0/s1. The van der Waals surface area contributed by atoms with Crippen LogP contribution in [0.2, 0.25) is 0 Å². The maximum Gasteiger partial charge on any atom is 0.419 e. The number of methoxy groups -OCH3 is 1. The Balaban J connectivity index is 1.48. The van der Waals surface area contributed by atoms with Gasteiger partial charge in [-0.2, -0.15) is 13.2 Å². The molecule has 1 heterocycles. The van der Waals surface area contributed by atoms with E-state index >= 15 is 0 Å². The highest BCUT2D eigenvalue weighted by Gasteiger charge is 2.55. The Morgan fingerprint density at radius 3 is 2.31 bits per heavy atom. The van der Waals surface area contributed by atoms with E-state index in [0.717, 1.165) is 35.4 Å². The molecule has 2 aliphatic carbocycles. The van der Waals surface area contributed by atoms with Crippen LogP contribution in [0.25, 0.3) is 11.1 Å². The number of amides is 2. The minimum atomic E-state index is -4.97. The van der Waals surface area contributed by atoms with Crippen molar-refractivity contribution in [2.75, 3.05) is 12.4 Å². The Morgan fingerprint density at radius 1 is 0.978 bits per heavy atom. The van der Waals surface area contributed by atoms with Gasteiger partial charge >= 0.3 is 12.1 Å². The monoisotopic (exact) mass is 629 g/mol. The predicted octanol–water partition coefficient (Wildman–Crippen LogP) is 6.48. The number of aromatic carboxylic acids is 1. The van der Waals surface area contributed by atoms with Crippen molar-refractivity contribution in [1.82, 2.24) is 10.3 Å². The van der Waals surface area contributed by atoms with Crippen molar-refractivity contribution in [3.63, 3.8) is 0 Å². The summed E-state index contributed by atoms with van der Waals surface area (Å²) in [5, 5.41) is 14.7. The molecular weight excluding hydrogens is 601 g/mol. The molecule has 0 radical (unpaired) electrons. The van der Waals surface area contributed by atoms with Gasteiger partial charge in [-0.15, -0.1) is 0 Å². The van der Waals surface area contributed by atoms with Gasteiger partial charge < -0.3 is 20.5 Å². The van der Waals surface area contributed by atoms with Crippen LogP contribution < -0.4 is 15.4 Å². The van der Waals surface area contributed by atoms with Crippen molar-refractivity contribution in [3.05, 3.63) is 88.1 Å². The number of anilines is 1. The Hall–Kier alpha value is -4.81. The van der Waals surface area contributed by atoms with Gasteiger partial charge in [0, 0.05) is 35.0 Å². The van der Waals surface area contributed by atoms with E-state index in [0.29, 0.717) is 25.0 Å². The van der Waals surface area contributed by atoms with Crippen LogP contribution in [0.1, 0.15) is 53.0 Å². The quantitative estimate of drug-likeness (QED) is 0.203. The summed E-state index contributed by atoms with van der Waals surface area (Å²) in [5.74, 6) is -6.37. The Morgan fingerprint density at radius 2 is 1.67 bits per heavy atom. The number of hydrogen-bond donors (Lipinski definition) is 3. The summed E-state index contributed by atoms with van der Waals surface area (Å²) in [6.07, 6.45) is -2.47. The van der Waals surface area contributed by atoms with Gasteiger partial charge in [-0.05, 0) is 75.1 Å². The van der Waals surface area contributed by atoms with Gasteiger partial charge in [0.2, 0.25) is 11.8 Å². The number of benzene rings is 2. The maximum atomic E-state index is 14.7. The molecule has 2 fully saturated rings. The number of fused-ring (bicyclic) bond motifs is 2. The Bertz CT molecular complexity index is 1730. The molecule has 4 atom stereocenters. The third-order valence-corrected chi connectivity index (χ3v) is 8.37. The van der Waals surface area contributed by atoms with Crippen molar-refractivity contribution in [3.8, 4) is 17.0 Å². The lowest BCUT2D eigenvalue weighted by Gasteiger charge is -2.30. The molecule has 0 spiro atoms. The lowest BCUT2D eigenvalue weighted by atomic mass is 9.83. The van der Waals surface area contributed by atoms with Crippen LogP contribution in [0.4, 0.5) is 27.6 Å². The highest BCUT2D eigenvalue weighted by atomic mass is 19.4. The molecule has 2 amide bonds. The number of alkyl halides is 3. The molecule has 5 rings (SSSR count). The average molecular weight is 630 g/mol. The predicted molar refractivity (Wildman–Crippen MR) is 153 cm³/mol. The second-order valence-corrected chi connectivity index (χ2v) is 11.2. The van der Waals surface area contributed by atoms with Crippen LogP contribution in [0.15, 0.2) is 59.8 Å². The third kappa shape index (κ3) is 5.98. The smallest absolute Gasteiger partial charge is 0.419 e. The van der Waals surface area contributed by atoms with Crippen molar-refractivity contribution < 1.29 is 46.2 Å². The van der Waals surface area contributed by atoms with E-state index in [1.165, 1.54) is 19.4 Å². The zero-order chi connectivity index (χ0) is 32.8. The molecule has 1 aromatic heterocycles. The summed E-state index contributed by atoms with van der Waals surface area (Å²) in [6.45, 7) is 3.76. The second-order valence-electron chi connectivity index (χ2n) is 11.2. The fourth-order valence-corrected chi connectivity index (χ4v) is 6.55. The summed E-state index contributed by atoms with van der Waals surface area (Å²) >= 11 is 0. The summed E-state index contributed by atoms with van der Waals surface area (Å²) in [5.41, 5.74) is -0.135. The van der Waals surface area contributed by atoms with Crippen LogP contribution in [0.3, 0.4) is 0 Å². The molecule has 2 aromatic carbocycles. The van der Waals surface area contributed by atoms with E-state index in [-0.39, 0.29) is 45.7 Å². The van der Waals surface area contributed by atoms with Crippen molar-refractivity contribution in [2.45, 2.75) is 38.9 Å². The van der Waals surface area contributed by atoms with Gasteiger partial charge in [0.25, 0.3) is 5.91 Å². The molecular formula is C32H28F5N3O5. The number of nitrogens with one attached hydrogen (secondary N) is 2. The first-order valence-corrected chi connectivity index (χ1v) is 13.9. The maximum absolute atomic E-state index is 14.7. The highest BCUT2D eigenvalue weighted by Crippen LogP contribution is 2.54. The molecule has 13 heteroatoms. The lowest BCUT2D eigenvalue weighted by molar-refractivity contribution is -0.140. The molecule has 2 unspecified atom stereocenters. The number of nitrogens with zero attached hydrogens (tertiary/aromatic N) is 1. The van der Waals surface area contributed by atoms with Crippen LogP contribution in [0, 0.1) is 29.4 Å². The molecule has 3 N–H and O–H groups in total. The first-order valence-electron chi connectivity index (χ1n) is 13.9. The van der Waals surface area contributed by atoms with E-state index in [4.69, 9.17) is 4.74 Å². The van der Waals surface area contributed by atoms with Crippen LogP contribution >= 0.6 is 0 Å². The van der Waals surface area contributed by atoms with Crippen LogP contribution in [-0.2, 0) is 11.0 Å². The summed E-state index contributed by atoms with van der Waals surface area (Å²) in [7, 11) is 1.28. The van der Waals surface area contributed by atoms with Crippen LogP contribution in [-0.4, -0.2) is 41.0 Å². The Labute approximate surface area is 254 Å². The van der Waals surface area contributed by atoms with Gasteiger partial charge in [0.05, 0.1) is 24.2 Å². The minimum Gasteiger partial charge on any atom is -0.480 e. The fraction of sp³-hybridized carbons (Fsp3) is 0.312. The second kappa shape index (κ2) is 11.9. The van der Waals surface area contributed by atoms with Gasteiger partial charge in [-0.3, -0.25) is 9.59 Å². The van der Waals surface area contributed by atoms with Gasteiger partial charge in [-0.1, -0.05) is 11.1 Å². The number of ether oxygens (including phenoxy) is 1. The molecule has 0 saturated heterocycles. The topological polar surface area (TPSA) is 118 Å². The van der Waals surface area contributed by atoms with E-state index in [1.807, 2.05) is 13.8 Å². The molecule has 8 nitrogen and oxygen atoms in total. The normalized spacial score (nSPS) is 20.6. The molecule has 45 heavy (non-hydrogen) atoms. The van der Waals surface area contributed by atoms with Gasteiger partial charge in [0.15, 0.2) is 0 Å². The zero-order valence-electron chi connectivity index (χ0n) is 24.3. The molecule has 2 bridgehead atoms. The number of carboxylic acid groups (broad SMARTS) is 1. The number of halogens is 5. The fourth-order valence-electron chi connectivity index (χ4n) is 6.55. The first-order chi connectivity index (χ1) is 21.2. The van der Waals surface area contributed by atoms with Crippen molar-refractivity contribution >= 4 is 23.5 Å². The number of hydrogen-bond acceptors (Lipinski definition) is 5. The highest BCUT2D eigenvalue weighted by molar-refractivity contribution is 6.00. The van der Waals surface area contributed by atoms with Gasteiger partial charge in [-0.25, -0.2) is 18.6 Å². The van der Waals surface area contributed by atoms with E-state index in [9.17, 15) is 41.4 Å². The average Bonchev–Trinajstić information content (AvgIpc) is 3.54. The molecule has 236 valence electrons. The van der Waals surface area contributed by atoms with E-state index in [1.54, 1.807) is 0 Å². The lowest BCUT2D eigenvalue weighted by Crippen LogP contribution is -2.48. The number of allylic oxidation sites excluding steroid dienone is 1. The van der Waals surface area contributed by atoms with Crippen LogP contribution in [0.5, 0.6) is 5.88 Å². The molecule has 2 saturated carbocycles. The molecule has 0 aliphatic heterocycles. The zero-order valence-corrected chi connectivity index (χ0v) is 24.3. The minimum absolute atomic E-state index is 0.102.